The summed E-state index contributed by atoms with van der Waals surface area (Å²) in [6.45, 7) is -0.583. The zero-order chi connectivity index (χ0) is 19.4. The molecule has 1 amide bonds. The maximum absolute atomic E-state index is 13.6. The minimum Gasteiger partial charge on any atom is -0.496 e. The van der Waals surface area contributed by atoms with Gasteiger partial charge in [0.2, 0.25) is 0 Å². The van der Waals surface area contributed by atoms with Gasteiger partial charge >= 0.3 is 5.97 Å². The number of carbonyl (C=O) groups is 2. The number of benzene rings is 3. The maximum atomic E-state index is 13.6. The number of ether oxygens (including phenoxy) is 2. The number of rotatable bonds is 5. The molecule has 0 aliphatic rings. The second-order valence-electron chi connectivity index (χ2n) is 5.65. The number of carbonyl (C=O) groups excluding carboxylic acids is 2. The summed E-state index contributed by atoms with van der Waals surface area (Å²) >= 11 is 5.77. The van der Waals surface area contributed by atoms with Crippen molar-refractivity contribution in [2.75, 3.05) is 19.0 Å². The molecule has 0 bridgehead atoms. The van der Waals surface area contributed by atoms with Gasteiger partial charge in [0.05, 0.1) is 12.8 Å². The molecule has 3 rings (SSSR count). The second kappa shape index (κ2) is 8.05. The van der Waals surface area contributed by atoms with Crippen LogP contribution in [0.5, 0.6) is 5.75 Å². The SMILES string of the molecule is COc1cc2ccccc2cc1C(=O)OCC(=O)Nc1cc(Cl)ccc1F. The lowest BCUT2D eigenvalue weighted by Gasteiger charge is -2.11. The van der Waals surface area contributed by atoms with Crippen LogP contribution in [-0.4, -0.2) is 25.6 Å². The Morgan fingerprint density at radius 1 is 1.07 bits per heavy atom. The lowest BCUT2D eigenvalue weighted by atomic mass is 10.1. The number of hydrogen-bond donors (Lipinski definition) is 1. The maximum Gasteiger partial charge on any atom is 0.342 e. The number of anilines is 1. The van der Waals surface area contributed by atoms with Crippen LogP contribution in [0.3, 0.4) is 0 Å². The Kier molecular flexibility index (Phi) is 5.57. The lowest BCUT2D eigenvalue weighted by molar-refractivity contribution is -0.119. The first kappa shape index (κ1) is 18.7. The van der Waals surface area contributed by atoms with Gasteiger partial charge in [0, 0.05) is 5.02 Å². The standard InChI is InChI=1S/C20H15ClFNO4/c1-26-18-9-13-5-3-2-4-12(13)8-15(18)20(25)27-11-19(24)23-17-10-14(21)6-7-16(17)22/h2-10H,11H2,1H3,(H,23,24). The Morgan fingerprint density at radius 2 is 1.78 bits per heavy atom. The molecule has 0 saturated carbocycles. The fraction of sp³-hybridized carbons (Fsp3) is 0.100. The molecule has 0 radical (unpaired) electrons. The van der Waals surface area contributed by atoms with Gasteiger partial charge in [0.1, 0.15) is 17.1 Å². The summed E-state index contributed by atoms with van der Waals surface area (Å²) in [5.74, 6) is -1.72. The number of methoxy groups -OCH3 is 1. The molecule has 1 N–H and O–H groups in total. The van der Waals surface area contributed by atoms with E-state index in [0.717, 1.165) is 16.8 Å². The first-order valence-corrected chi connectivity index (χ1v) is 8.34. The smallest absolute Gasteiger partial charge is 0.342 e. The zero-order valence-electron chi connectivity index (χ0n) is 14.3. The number of hydrogen-bond acceptors (Lipinski definition) is 4. The summed E-state index contributed by atoms with van der Waals surface area (Å²) < 4.78 is 23.9. The first-order chi connectivity index (χ1) is 13.0. The topological polar surface area (TPSA) is 64.6 Å². The molecule has 138 valence electrons. The Bertz CT molecular complexity index is 1020. The van der Waals surface area contributed by atoms with Gasteiger partial charge in [0.15, 0.2) is 6.61 Å². The van der Waals surface area contributed by atoms with Crippen LogP contribution < -0.4 is 10.1 Å². The van der Waals surface area contributed by atoms with Crippen LogP contribution in [0, 0.1) is 5.82 Å². The first-order valence-electron chi connectivity index (χ1n) is 7.97. The molecular weight excluding hydrogens is 373 g/mol. The Morgan fingerprint density at radius 3 is 2.48 bits per heavy atom. The molecule has 3 aromatic rings. The van der Waals surface area contributed by atoms with E-state index in [1.165, 1.54) is 19.2 Å². The van der Waals surface area contributed by atoms with Crippen LogP contribution in [0.15, 0.2) is 54.6 Å². The second-order valence-corrected chi connectivity index (χ2v) is 6.08. The van der Waals surface area contributed by atoms with Crippen molar-refractivity contribution >= 4 is 39.9 Å². The molecule has 0 unspecified atom stereocenters. The van der Waals surface area contributed by atoms with Crippen molar-refractivity contribution in [3.63, 3.8) is 0 Å². The molecule has 0 heterocycles. The molecule has 27 heavy (non-hydrogen) atoms. The monoisotopic (exact) mass is 387 g/mol. The molecule has 0 aliphatic heterocycles. The highest BCUT2D eigenvalue weighted by molar-refractivity contribution is 6.30. The van der Waals surface area contributed by atoms with E-state index in [9.17, 15) is 14.0 Å². The summed E-state index contributed by atoms with van der Waals surface area (Å²) in [5, 5.41) is 4.31. The van der Waals surface area contributed by atoms with Gasteiger partial charge < -0.3 is 14.8 Å². The Balaban J connectivity index is 1.71. The third-order valence-corrected chi connectivity index (χ3v) is 4.06. The largest absolute Gasteiger partial charge is 0.496 e. The van der Waals surface area contributed by atoms with Gasteiger partial charge in [0.25, 0.3) is 5.91 Å². The van der Waals surface area contributed by atoms with Gasteiger partial charge in [-0.05, 0) is 41.1 Å². The summed E-state index contributed by atoms with van der Waals surface area (Å²) in [6, 6.07) is 14.6. The van der Waals surface area contributed by atoms with Crippen LogP contribution in [0.4, 0.5) is 10.1 Å². The van der Waals surface area contributed by atoms with Gasteiger partial charge in [-0.2, -0.15) is 0 Å². The zero-order valence-corrected chi connectivity index (χ0v) is 15.0. The average molecular weight is 388 g/mol. The minimum atomic E-state index is -0.723. The van der Waals surface area contributed by atoms with E-state index in [1.54, 1.807) is 12.1 Å². The number of amides is 1. The highest BCUT2D eigenvalue weighted by Gasteiger charge is 2.17. The van der Waals surface area contributed by atoms with Crippen molar-refractivity contribution in [1.82, 2.24) is 0 Å². The van der Waals surface area contributed by atoms with Gasteiger partial charge in [-0.15, -0.1) is 0 Å². The highest BCUT2D eigenvalue weighted by Crippen LogP contribution is 2.26. The van der Waals surface area contributed by atoms with E-state index in [4.69, 9.17) is 21.1 Å². The lowest BCUT2D eigenvalue weighted by Crippen LogP contribution is -2.21. The summed E-state index contributed by atoms with van der Waals surface area (Å²) in [5.41, 5.74) is 0.102. The number of esters is 1. The fourth-order valence-corrected chi connectivity index (χ4v) is 2.71. The van der Waals surface area contributed by atoms with Crippen molar-refractivity contribution in [2.24, 2.45) is 0 Å². The third-order valence-electron chi connectivity index (χ3n) is 3.82. The molecule has 5 nitrogen and oxygen atoms in total. The number of nitrogens with one attached hydrogen (secondary N) is 1. The molecular formula is C20H15ClFNO4. The van der Waals surface area contributed by atoms with Crippen molar-refractivity contribution in [3.8, 4) is 5.75 Å². The van der Waals surface area contributed by atoms with E-state index in [-0.39, 0.29) is 16.3 Å². The van der Waals surface area contributed by atoms with Gasteiger partial charge in [-0.3, -0.25) is 4.79 Å². The molecule has 0 atom stereocenters. The third kappa shape index (κ3) is 4.35. The predicted molar refractivity (Wildman–Crippen MR) is 101 cm³/mol. The quantitative estimate of drug-likeness (QED) is 0.657. The minimum absolute atomic E-state index is 0.0909. The normalized spacial score (nSPS) is 10.5. The van der Waals surface area contributed by atoms with Crippen LogP contribution in [0.2, 0.25) is 5.02 Å². The van der Waals surface area contributed by atoms with E-state index in [1.807, 2.05) is 24.3 Å². The molecule has 0 spiro atoms. The van der Waals surface area contributed by atoms with Crippen LogP contribution >= 0.6 is 11.6 Å². The molecule has 0 aromatic heterocycles. The van der Waals surface area contributed by atoms with E-state index in [0.29, 0.717) is 5.75 Å². The number of halogens is 2. The molecule has 0 aliphatic carbocycles. The summed E-state index contributed by atoms with van der Waals surface area (Å²) in [7, 11) is 1.44. The summed E-state index contributed by atoms with van der Waals surface area (Å²) in [4.78, 5) is 24.3. The number of fused-ring (bicyclic) bond motifs is 1. The fourth-order valence-electron chi connectivity index (χ4n) is 2.54. The highest BCUT2D eigenvalue weighted by atomic mass is 35.5. The van der Waals surface area contributed by atoms with Crippen molar-refractivity contribution in [2.45, 2.75) is 0 Å². The average Bonchev–Trinajstić information content (AvgIpc) is 2.67. The summed E-state index contributed by atoms with van der Waals surface area (Å²) in [6.07, 6.45) is 0. The molecule has 3 aromatic carbocycles. The van der Waals surface area contributed by atoms with Gasteiger partial charge in [-0.25, -0.2) is 9.18 Å². The van der Waals surface area contributed by atoms with Crippen molar-refractivity contribution < 1.29 is 23.5 Å². The van der Waals surface area contributed by atoms with Crippen LogP contribution in [-0.2, 0) is 9.53 Å². The Hall–Kier alpha value is -3.12. The molecule has 0 fully saturated rings. The molecule has 7 heteroatoms. The van der Waals surface area contributed by atoms with Crippen molar-refractivity contribution in [3.05, 3.63) is 71.0 Å². The predicted octanol–water partition coefficient (Wildman–Crippen LogP) is 4.44. The van der Waals surface area contributed by atoms with Gasteiger partial charge in [-0.1, -0.05) is 35.9 Å². The van der Waals surface area contributed by atoms with Crippen LogP contribution in [0.25, 0.3) is 10.8 Å². The van der Waals surface area contributed by atoms with E-state index in [2.05, 4.69) is 5.32 Å². The van der Waals surface area contributed by atoms with E-state index < -0.39 is 24.3 Å². The molecule has 0 saturated heterocycles. The van der Waals surface area contributed by atoms with Crippen molar-refractivity contribution in [1.29, 1.82) is 0 Å². The van der Waals surface area contributed by atoms with E-state index >= 15 is 0 Å². The van der Waals surface area contributed by atoms with Crippen LogP contribution in [0.1, 0.15) is 10.4 Å². The Labute approximate surface area is 159 Å².